The van der Waals surface area contributed by atoms with E-state index in [1.807, 2.05) is 152 Å². The van der Waals surface area contributed by atoms with E-state index in [1.54, 1.807) is 0 Å². The van der Waals surface area contributed by atoms with Crippen molar-refractivity contribution >= 4 is 45.5 Å². The zero-order valence-electron chi connectivity index (χ0n) is 29.9. The third-order valence-electron chi connectivity index (χ3n) is 7.37. The molecule has 0 spiro atoms. The smallest absolute Gasteiger partial charge is 0.126 e. The quantitative estimate of drug-likeness (QED) is 0.182. The summed E-state index contributed by atoms with van der Waals surface area (Å²) in [5, 5.41) is 25.6. The normalized spacial score (nSPS) is 17.1. The van der Waals surface area contributed by atoms with E-state index in [0.717, 1.165) is 45.6 Å². The van der Waals surface area contributed by atoms with Crippen LogP contribution in [0.1, 0.15) is 55.4 Å². The van der Waals surface area contributed by atoms with E-state index in [-0.39, 0.29) is 12.2 Å². The number of ether oxygens (including phenoxy) is 2. The van der Waals surface area contributed by atoms with Crippen LogP contribution < -0.4 is 20.1 Å². The predicted octanol–water partition coefficient (Wildman–Crippen LogP) is 12.0. The van der Waals surface area contributed by atoms with Gasteiger partial charge in [-0.3, -0.25) is 0 Å². The monoisotopic (exact) mass is 668 g/mol. The molecule has 0 radical (unpaired) electrons. The van der Waals surface area contributed by atoms with Crippen molar-refractivity contribution in [2.75, 3.05) is 10.6 Å². The molecule has 0 fully saturated rings. The number of nitrogens with one attached hydrogen (secondary N) is 2. The Balaban J connectivity index is 1.58. The van der Waals surface area contributed by atoms with E-state index < -0.39 is 0 Å². The van der Waals surface area contributed by atoms with Gasteiger partial charge in [-0.1, -0.05) is 24.3 Å². The number of fused-ring (bicyclic) bond motifs is 2. The van der Waals surface area contributed by atoms with Gasteiger partial charge in [0.05, 0.1) is 57.8 Å². The fourth-order valence-electron chi connectivity index (χ4n) is 5.12. The van der Waals surface area contributed by atoms with E-state index in [2.05, 4.69) is 20.9 Å². The molecule has 0 amide bonds. The highest BCUT2D eigenvalue weighted by molar-refractivity contribution is 6.03. The first kappa shape index (κ1) is 35.4. The lowest BCUT2D eigenvalue weighted by atomic mass is 10.2. The number of benzene rings is 4. The van der Waals surface area contributed by atoms with Gasteiger partial charge >= 0.3 is 0 Å². The van der Waals surface area contributed by atoms with Gasteiger partial charge in [-0.05, 0) is 128 Å². The number of hydrogen-bond acceptors (Lipinski definition) is 10. The van der Waals surface area contributed by atoms with Crippen LogP contribution in [-0.4, -0.2) is 23.6 Å². The zero-order valence-corrected chi connectivity index (χ0v) is 29.9. The van der Waals surface area contributed by atoms with Gasteiger partial charge in [0.2, 0.25) is 0 Å². The van der Waals surface area contributed by atoms with Gasteiger partial charge in [0, 0.05) is 11.4 Å². The van der Waals surface area contributed by atoms with Gasteiger partial charge in [0.25, 0.3) is 0 Å². The lowest BCUT2D eigenvalue weighted by Gasteiger charge is -2.16. The van der Waals surface area contributed by atoms with E-state index in [0.29, 0.717) is 34.2 Å². The van der Waals surface area contributed by atoms with Crippen molar-refractivity contribution in [1.82, 2.24) is 0 Å². The first-order valence-electron chi connectivity index (χ1n) is 16.7. The lowest BCUT2D eigenvalue weighted by molar-refractivity contribution is 0.242. The highest BCUT2D eigenvalue weighted by Crippen LogP contribution is 2.32. The van der Waals surface area contributed by atoms with E-state index >= 15 is 0 Å². The molecule has 1 aliphatic heterocycles. The maximum atomic E-state index is 5.79. The Hall–Kier alpha value is -5.90. The third-order valence-corrected chi connectivity index (χ3v) is 7.37. The molecule has 0 atom stereocenters. The first-order chi connectivity index (χ1) is 24.0. The van der Waals surface area contributed by atoms with Gasteiger partial charge in [-0.25, -0.2) is 9.98 Å². The summed E-state index contributed by atoms with van der Waals surface area (Å²) in [5.74, 6) is 1.56. The second-order valence-electron chi connectivity index (χ2n) is 12.3. The zero-order chi connectivity index (χ0) is 35.6. The fraction of sp³-hybridized carbons (Fsp3) is 0.250. The van der Waals surface area contributed by atoms with Gasteiger partial charge in [0.1, 0.15) is 22.9 Å². The van der Waals surface area contributed by atoms with E-state index in [9.17, 15) is 0 Å². The topological polar surface area (TPSA) is 117 Å². The number of hydrogen-bond donors (Lipinski definition) is 2. The molecule has 2 N–H and O–H groups in total. The molecular weight excluding hydrogens is 624 g/mol. The number of rotatable bonds is 8. The highest BCUT2D eigenvalue weighted by Gasteiger charge is 2.15. The van der Waals surface area contributed by atoms with E-state index in [1.165, 1.54) is 0 Å². The van der Waals surface area contributed by atoms with Gasteiger partial charge in [-0.2, -0.15) is 10.2 Å². The third kappa shape index (κ3) is 9.59. The maximum Gasteiger partial charge on any atom is 0.126 e. The molecule has 4 aromatic carbocycles. The summed E-state index contributed by atoms with van der Waals surface area (Å²) in [5.41, 5.74) is 8.48. The van der Waals surface area contributed by atoms with Crippen LogP contribution in [0.3, 0.4) is 0 Å². The molecule has 0 aliphatic carbocycles. The van der Waals surface area contributed by atoms with E-state index in [4.69, 9.17) is 29.7 Å². The van der Waals surface area contributed by atoms with Crippen LogP contribution in [-0.2, 0) is 0 Å². The van der Waals surface area contributed by atoms with Gasteiger partial charge in [0.15, 0.2) is 0 Å². The summed E-state index contributed by atoms with van der Waals surface area (Å²) in [6, 6.07) is 30.8. The Morgan fingerprint density at radius 3 is 1.20 bits per heavy atom. The molecule has 0 saturated carbocycles. The number of azo groups is 2. The number of aliphatic imine (C=N–C) groups is 2. The Kier molecular flexibility index (Phi) is 11.7. The summed E-state index contributed by atoms with van der Waals surface area (Å²) < 4.78 is 11.6. The molecule has 0 saturated heterocycles. The van der Waals surface area contributed by atoms with Crippen molar-refractivity contribution in [3.8, 4) is 11.5 Å². The Morgan fingerprint density at radius 2 is 0.840 bits per heavy atom. The second-order valence-corrected chi connectivity index (χ2v) is 12.3. The van der Waals surface area contributed by atoms with Crippen LogP contribution in [0.5, 0.6) is 11.5 Å². The van der Waals surface area contributed by atoms with Crippen molar-refractivity contribution < 1.29 is 9.47 Å². The highest BCUT2D eigenvalue weighted by atomic mass is 16.5. The van der Waals surface area contributed by atoms with Crippen LogP contribution in [0.4, 0.5) is 34.1 Å². The second kappa shape index (κ2) is 16.5. The molecule has 0 aromatic heterocycles. The first-order valence-corrected chi connectivity index (χ1v) is 16.7. The molecule has 10 heteroatoms. The molecule has 256 valence electrons. The number of para-hydroxylation sites is 4. The Morgan fingerprint density at radius 1 is 0.480 bits per heavy atom. The van der Waals surface area contributed by atoms with Crippen LogP contribution in [0.25, 0.3) is 0 Å². The molecular formula is C40H44N8O2. The van der Waals surface area contributed by atoms with Crippen LogP contribution in [0.2, 0.25) is 0 Å². The predicted molar refractivity (Wildman–Crippen MR) is 205 cm³/mol. The van der Waals surface area contributed by atoms with Crippen LogP contribution in [0.15, 0.2) is 150 Å². The minimum Gasteiger partial charge on any atom is -0.491 e. The minimum absolute atomic E-state index is 0.0851. The molecule has 1 aliphatic rings. The van der Waals surface area contributed by atoms with Gasteiger partial charge < -0.3 is 20.1 Å². The summed E-state index contributed by atoms with van der Waals surface area (Å²) >= 11 is 0. The number of allylic oxidation sites excluding steroid dienone is 4. The minimum atomic E-state index is 0.0851. The van der Waals surface area contributed by atoms with Crippen molar-refractivity contribution in [1.29, 1.82) is 0 Å². The molecule has 10 nitrogen and oxygen atoms in total. The molecule has 0 unspecified atom stereocenters. The van der Waals surface area contributed by atoms with Crippen molar-refractivity contribution in [3.05, 3.63) is 120 Å². The maximum absolute atomic E-state index is 5.79. The fourth-order valence-corrected chi connectivity index (χ4v) is 5.12. The summed E-state index contributed by atoms with van der Waals surface area (Å²) in [6.45, 7) is 15.8. The molecule has 5 rings (SSSR count). The van der Waals surface area contributed by atoms with Crippen molar-refractivity contribution in [2.24, 2.45) is 30.4 Å². The molecule has 4 aromatic rings. The summed E-state index contributed by atoms with van der Waals surface area (Å²) in [6.07, 6.45) is 0.170. The molecule has 1 heterocycles. The van der Waals surface area contributed by atoms with Gasteiger partial charge in [-0.15, -0.1) is 10.2 Å². The average Bonchev–Trinajstić information content (AvgIpc) is 3.07. The number of anilines is 2. The Bertz CT molecular complexity index is 1840. The summed E-state index contributed by atoms with van der Waals surface area (Å²) in [7, 11) is 0. The lowest BCUT2D eigenvalue weighted by Crippen LogP contribution is -2.08. The summed E-state index contributed by atoms with van der Waals surface area (Å²) in [4.78, 5) is 10.1. The molecule has 0 bridgehead atoms. The van der Waals surface area contributed by atoms with Crippen molar-refractivity contribution in [3.63, 3.8) is 0 Å². The Labute approximate surface area is 294 Å². The SMILES string of the molecule is CC1=Nc2ccccc2N/C(C)=C(\N=Nc2ccc(OC(C)C)cc2)C(C)=Nc2ccccc2N/C(C)=C/1N=Nc1ccc(OC(C)C)cc1. The van der Waals surface area contributed by atoms with Crippen LogP contribution in [0, 0.1) is 0 Å². The number of nitrogens with zero attached hydrogens (tertiary/aromatic N) is 6. The largest absolute Gasteiger partial charge is 0.491 e. The van der Waals surface area contributed by atoms with Crippen LogP contribution >= 0.6 is 0 Å². The van der Waals surface area contributed by atoms with Crippen molar-refractivity contribution in [2.45, 2.75) is 67.6 Å². The standard InChI is InChI=1S/C40H44N8O2/c1-25(2)49-33-21-17-31(18-22-33)45-47-39-27(5)41-35-13-9-11-15-37(35)43-29(7)40(48-46-32-19-23-34(24-20-32)50-26(3)4)30(8)44-38-16-12-10-14-36(38)42-28(39)6/h9-26,41,44H,1-8H3/b39-27-,40-30-,42-28?,43-29?,47-45?,48-46?. The average molecular weight is 669 g/mol. The molecule has 50 heavy (non-hydrogen) atoms.